The summed E-state index contributed by atoms with van der Waals surface area (Å²) in [6.45, 7) is 1.51. The Morgan fingerprint density at radius 3 is 2.21 bits per heavy atom. The molecular weight excluding hydrogens is 456 g/mol. The van der Waals surface area contributed by atoms with Gasteiger partial charge in [-0.3, -0.25) is 0 Å². The summed E-state index contributed by atoms with van der Waals surface area (Å²) in [5.74, 6) is -13.1. The number of aromatic nitrogens is 3. The Kier molecular flexibility index (Phi) is 6.49. The van der Waals surface area contributed by atoms with Gasteiger partial charge in [0.2, 0.25) is 46.7 Å². The van der Waals surface area contributed by atoms with Crippen LogP contribution in [0.5, 0.6) is 11.8 Å². The molecule has 2 heterocycles. The molecule has 0 spiro atoms. The molecule has 2 aromatic carbocycles. The highest BCUT2D eigenvalue weighted by molar-refractivity contribution is 5.41. The summed E-state index contributed by atoms with van der Waals surface area (Å²) in [7, 11) is 0. The fourth-order valence-corrected chi connectivity index (χ4v) is 2.97. The predicted molar refractivity (Wildman–Crippen MR) is 103 cm³/mol. The molecule has 0 amide bonds. The zero-order valence-electron chi connectivity index (χ0n) is 16.7. The van der Waals surface area contributed by atoms with Crippen LogP contribution >= 0.6 is 0 Å². The maximum atomic E-state index is 14.1. The smallest absolute Gasteiger partial charge is 0.328 e. The minimum absolute atomic E-state index is 0.0221. The first kappa shape index (κ1) is 22.6. The zero-order chi connectivity index (χ0) is 23.5. The third-order valence-corrected chi connectivity index (χ3v) is 4.60. The Balaban J connectivity index is 1.67. The highest BCUT2D eigenvalue weighted by atomic mass is 19.2. The number of anilines is 2. The van der Waals surface area contributed by atoms with E-state index in [0.29, 0.717) is 31.9 Å². The molecule has 33 heavy (non-hydrogen) atoms. The van der Waals surface area contributed by atoms with E-state index in [9.17, 15) is 26.3 Å². The number of rotatable bonds is 6. The van der Waals surface area contributed by atoms with Gasteiger partial charge in [-0.25, -0.2) is 17.6 Å². The third kappa shape index (κ3) is 4.92. The number of ether oxygens (including phenoxy) is 2. The lowest BCUT2D eigenvalue weighted by molar-refractivity contribution is 0.122. The van der Waals surface area contributed by atoms with Gasteiger partial charge in [0.25, 0.3) is 0 Å². The molecule has 13 heteroatoms. The molecular formula is C20H15F6N5O2. The van der Waals surface area contributed by atoms with Crippen molar-refractivity contribution in [2.75, 3.05) is 36.5 Å². The predicted octanol–water partition coefficient (Wildman–Crippen LogP) is 3.95. The van der Waals surface area contributed by atoms with Gasteiger partial charge >= 0.3 is 6.01 Å². The van der Waals surface area contributed by atoms with Gasteiger partial charge in [-0.1, -0.05) is 12.1 Å². The van der Waals surface area contributed by atoms with Crippen molar-refractivity contribution in [3.05, 3.63) is 64.7 Å². The summed E-state index contributed by atoms with van der Waals surface area (Å²) in [6.07, 6.45) is 0. The Morgan fingerprint density at radius 2 is 1.55 bits per heavy atom. The second-order valence-electron chi connectivity index (χ2n) is 6.83. The van der Waals surface area contributed by atoms with Gasteiger partial charge in [0.05, 0.1) is 13.2 Å². The Bertz CT molecular complexity index is 1150. The molecule has 0 unspecified atom stereocenters. The molecule has 0 saturated carbocycles. The van der Waals surface area contributed by atoms with Crippen LogP contribution in [0.1, 0.15) is 5.56 Å². The number of nitrogens with one attached hydrogen (secondary N) is 1. The van der Waals surface area contributed by atoms with Gasteiger partial charge in [0.15, 0.2) is 0 Å². The van der Waals surface area contributed by atoms with E-state index in [4.69, 9.17) is 9.47 Å². The lowest BCUT2D eigenvalue weighted by atomic mass is 10.2. The normalized spacial score (nSPS) is 13.8. The van der Waals surface area contributed by atoms with Crippen molar-refractivity contribution in [1.29, 1.82) is 0 Å². The van der Waals surface area contributed by atoms with Crippen LogP contribution in [0.4, 0.5) is 38.2 Å². The van der Waals surface area contributed by atoms with E-state index in [1.807, 2.05) is 0 Å². The highest BCUT2D eigenvalue weighted by Crippen LogP contribution is 2.32. The number of hydrogen-bond donors (Lipinski definition) is 1. The van der Waals surface area contributed by atoms with Crippen LogP contribution < -0.4 is 15.0 Å². The molecule has 174 valence electrons. The van der Waals surface area contributed by atoms with E-state index in [0.717, 1.165) is 0 Å². The van der Waals surface area contributed by atoms with E-state index >= 15 is 0 Å². The Hall–Kier alpha value is -3.61. The first-order chi connectivity index (χ1) is 15.8. The van der Waals surface area contributed by atoms with Crippen LogP contribution in [0.15, 0.2) is 24.3 Å². The van der Waals surface area contributed by atoms with Crippen molar-refractivity contribution >= 4 is 11.9 Å². The maximum Gasteiger partial charge on any atom is 0.328 e. The molecule has 0 bridgehead atoms. The summed E-state index contributed by atoms with van der Waals surface area (Å²) in [4.78, 5) is 13.6. The summed E-state index contributed by atoms with van der Waals surface area (Å²) in [5, 5.41) is 2.79. The fourth-order valence-electron chi connectivity index (χ4n) is 2.97. The lowest BCUT2D eigenvalue weighted by Crippen LogP contribution is -2.37. The molecule has 0 aliphatic carbocycles. The molecule has 1 saturated heterocycles. The molecule has 1 N–H and O–H groups in total. The third-order valence-electron chi connectivity index (χ3n) is 4.60. The zero-order valence-corrected chi connectivity index (χ0v) is 16.7. The molecule has 4 rings (SSSR count). The van der Waals surface area contributed by atoms with E-state index in [1.54, 1.807) is 11.0 Å². The van der Waals surface area contributed by atoms with Gasteiger partial charge in [-0.05, 0) is 17.7 Å². The number of hydrogen-bond acceptors (Lipinski definition) is 7. The van der Waals surface area contributed by atoms with Crippen molar-refractivity contribution < 1.29 is 35.8 Å². The largest absolute Gasteiger partial charge is 0.418 e. The molecule has 0 radical (unpaired) electrons. The van der Waals surface area contributed by atoms with E-state index in [2.05, 4.69) is 20.3 Å². The van der Waals surface area contributed by atoms with Gasteiger partial charge in [-0.2, -0.15) is 23.7 Å². The number of nitrogens with zero attached hydrogens (tertiary/aromatic N) is 4. The minimum Gasteiger partial charge on any atom is -0.418 e. The number of benzene rings is 2. The quantitative estimate of drug-likeness (QED) is 0.332. The van der Waals surface area contributed by atoms with Crippen LogP contribution in [-0.2, 0) is 11.3 Å². The fraction of sp³-hybridized carbons (Fsp3) is 0.250. The standard InChI is InChI=1S/C20H15F6N5O2/c21-11-3-1-2-10(8-11)9-27-18-28-19(31-4-6-32-7-5-31)30-20(29-18)33-17-15(25)13(23)12(22)14(24)16(17)26/h1-3,8H,4-7,9H2,(H,27,28,29,30). The number of halogens is 6. The van der Waals surface area contributed by atoms with Crippen LogP contribution in [0.3, 0.4) is 0 Å². The molecule has 1 aromatic heterocycles. The van der Waals surface area contributed by atoms with Gasteiger partial charge in [0.1, 0.15) is 5.82 Å². The van der Waals surface area contributed by atoms with Crippen LogP contribution in [0.2, 0.25) is 0 Å². The molecule has 1 aliphatic rings. The molecule has 0 atom stereocenters. The monoisotopic (exact) mass is 471 g/mol. The lowest BCUT2D eigenvalue weighted by Gasteiger charge is -2.27. The van der Waals surface area contributed by atoms with Crippen molar-refractivity contribution in [3.8, 4) is 11.8 Å². The van der Waals surface area contributed by atoms with Crippen molar-refractivity contribution in [1.82, 2.24) is 15.0 Å². The van der Waals surface area contributed by atoms with Crippen LogP contribution in [0.25, 0.3) is 0 Å². The van der Waals surface area contributed by atoms with E-state index < -0.39 is 46.7 Å². The minimum atomic E-state index is -2.32. The topological polar surface area (TPSA) is 72.4 Å². The summed E-state index contributed by atoms with van der Waals surface area (Å²) < 4.78 is 92.0. The van der Waals surface area contributed by atoms with Crippen molar-refractivity contribution in [2.24, 2.45) is 0 Å². The van der Waals surface area contributed by atoms with Gasteiger partial charge in [-0.15, -0.1) is 0 Å². The maximum absolute atomic E-state index is 14.1. The first-order valence-electron chi connectivity index (χ1n) is 9.60. The first-order valence-corrected chi connectivity index (χ1v) is 9.60. The second-order valence-corrected chi connectivity index (χ2v) is 6.83. The average Bonchev–Trinajstić information content (AvgIpc) is 2.83. The second kappa shape index (κ2) is 9.48. The van der Waals surface area contributed by atoms with Crippen molar-refractivity contribution in [2.45, 2.75) is 6.54 Å². The Labute approximate surface area is 183 Å². The molecule has 7 nitrogen and oxygen atoms in total. The molecule has 1 fully saturated rings. The summed E-state index contributed by atoms with van der Waals surface area (Å²) in [5.41, 5.74) is 0.533. The summed E-state index contributed by atoms with van der Waals surface area (Å²) >= 11 is 0. The number of morpholine rings is 1. The molecule has 3 aromatic rings. The Morgan fingerprint density at radius 1 is 0.879 bits per heavy atom. The van der Waals surface area contributed by atoms with E-state index in [1.165, 1.54) is 18.2 Å². The van der Waals surface area contributed by atoms with Crippen LogP contribution in [-0.4, -0.2) is 41.3 Å². The van der Waals surface area contributed by atoms with Crippen LogP contribution in [0, 0.1) is 34.9 Å². The summed E-state index contributed by atoms with van der Waals surface area (Å²) in [6, 6.07) is 4.95. The highest BCUT2D eigenvalue weighted by Gasteiger charge is 2.28. The van der Waals surface area contributed by atoms with E-state index in [-0.39, 0.29) is 18.4 Å². The van der Waals surface area contributed by atoms with Gasteiger partial charge in [0, 0.05) is 19.6 Å². The average molecular weight is 471 g/mol. The SMILES string of the molecule is Fc1cccc(CNc2nc(Oc3c(F)c(F)c(F)c(F)c3F)nc(N3CCOCC3)n2)c1. The van der Waals surface area contributed by atoms with Crippen molar-refractivity contribution in [3.63, 3.8) is 0 Å². The van der Waals surface area contributed by atoms with Gasteiger partial charge < -0.3 is 19.7 Å². The molecule has 1 aliphatic heterocycles.